The fourth-order valence-electron chi connectivity index (χ4n) is 3.68. The van der Waals surface area contributed by atoms with Gasteiger partial charge in [0.05, 0.1) is 0 Å². The molecule has 2 N–H and O–H groups in total. The first-order chi connectivity index (χ1) is 7.41. The maximum Gasteiger partial charge on any atom is 0.0107 e. The van der Waals surface area contributed by atoms with Crippen molar-refractivity contribution in [3.63, 3.8) is 0 Å². The van der Waals surface area contributed by atoms with E-state index in [9.17, 15) is 0 Å². The molecule has 2 aliphatic carbocycles. The Labute approximate surface area is 105 Å². The third-order valence-electron chi connectivity index (χ3n) is 4.61. The SMILES string of the molecule is CC(C)(C)C1CCC(C2CCC=C2S)C1N. The Kier molecular flexibility index (Phi) is 3.42. The number of nitrogens with two attached hydrogens (primary N) is 1. The zero-order valence-electron chi connectivity index (χ0n) is 10.7. The molecule has 0 aromatic rings. The highest BCUT2D eigenvalue weighted by Crippen LogP contribution is 2.48. The molecule has 0 saturated heterocycles. The second-order valence-corrected chi connectivity index (χ2v) is 7.12. The average molecular weight is 239 g/mol. The van der Waals surface area contributed by atoms with E-state index in [0.29, 0.717) is 29.2 Å². The maximum atomic E-state index is 6.49. The third-order valence-corrected chi connectivity index (χ3v) is 5.12. The van der Waals surface area contributed by atoms with Crippen molar-refractivity contribution in [2.45, 2.75) is 52.5 Å². The lowest BCUT2D eigenvalue weighted by Crippen LogP contribution is -2.40. The number of thiol groups is 1. The lowest BCUT2D eigenvalue weighted by Gasteiger charge is -2.33. The zero-order valence-corrected chi connectivity index (χ0v) is 11.6. The highest BCUT2D eigenvalue weighted by molar-refractivity contribution is 7.84. The van der Waals surface area contributed by atoms with Crippen LogP contribution in [0.4, 0.5) is 0 Å². The molecular formula is C14H25NS. The molecule has 0 amide bonds. The van der Waals surface area contributed by atoms with Crippen molar-refractivity contribution in [2.24, 2.45) is 28.9 Å². The minimum atomic E-state index is 0.354. The van der Waals surface area contributed by atoms with Crippen molar-refractivity contribution < 1.29 is 0 Å². The summed E-state index contributed by atoms with van der Waals surface area (Å²) in [4.78, 5) is 1.30. The molecule has 2 rings (SSSR count). The first kappa shape index (κ1) is 12.5. The van der Waals surface area contributed by atoms with Gasteiger partial charge in [0.25, 0.3) is 0 Å². The van der Waals surface area contributed by atoms with Crippen molar-refractivity contribution in [1.82, 2.24) is 0 Å². The number of rotatable bonds is 1. The van der Waals surface area contributed by atoms with Gasteiger partial charge in [-0.1, -0.05) is 26.8 Å². The van der Waals surface area contributed by atoms with Crippen LogP contribution in [0.3, 0.4) is 0 Å². The third kappa shape index (κ3) is 2.19. The van der Waals surface area contributed by atoms with Gasteiger partial charge >= 0.3 is 0 Å². The number of hydrogen-bond donors (Lipinski definition) is 2. The Hall–Kier alpha value is 0.0500. The van der Waals surface area contributed by atoms with Crippen LogP contribution in [0, 0.1) is 23.2 Å². The highest BCUT2D eigenvalue weighted by Gasteiger charge is 2.43. The molecule has 0 heterocycles. The minimum Gasteiger partial charge on any atom is -0.327 e. The molecule has 0 aliphatic heterocycles. The molecule has 1 nitrogen and oxygen atoms in total. The summed E-state index contributed by atoms with van der Waals surface area (Å²) in [6.07, 6.45) is 7.35. The van der Waals surface area contributed by atoms with Gasteiger partial charge in [0, 0.05) is 6.04 Å². The zero-order chi connectivity index (χ0) is 11.9. The molecule has 1 saturated carbocycles. The summed E-state index contributed by atoms with van der Waals surface area (Å²) in [6, 6.07) is 0.374. The van der Waals surface area contributed by atoms with Crippen molar-refractivity contribution in [3.8, 4) is 0 Å². The van der Waals surface area contributed by atoms with Gasteiger partial charge in [-0.2, -0.15) is 0 Å². The standard InChI is InChI=1S/C14H25NS/c1-14(2,3)11-8-7-10(13(11)15)9-5-4-6-12(9)16/h6,9-11,13,16H,4-5,7-8,15H2,1-3H3. The van der Waals surface area contributed by atoms with E-state index >= 15 is 0 Å². The topological polar surface area (TPSA) is 26.0 Å². The number of allylic oxidation sites excluding steroid dienone is 2. The molecule has 4 atom stereocenters. The summed E-state index contributed by atoms with van der Waals surface area (Å²) in [5, 5.41) is 0. The van der Waals surface area contributed by atoms with Gasteiger partial charge in [-0.15, -0.1) is 12.6 Å². The average Bonchev–Trinajstić information content (AvgIpc) is 2.70. The van der Waals surface area contributed by atoms with Crippen LogP contribution in [0.5, 0.6) is 0 Å². The van der Waals surface area contributed by atoms with E-state index in [-0.39, 0.29) is 0 Å². The molecule has 2 aliphatic rings. The molecule has 4 unspecified atom stereocenters. The van der Waals surface area contributed by atoms with E-state index in [0.717, 1.165) is 0 Å². The molecule has 0 aromatic heterocycles. The van der Waals surface area contributed by atoms with E-state index in [1.54, 1.807) is 0 Å². The summed E-state index contributed by atoms with van der Waals surface area (Å²) in [5.74, 6) is 2.01. The summed E-state index contributed by atoms with van der Waals surface area (Å²) < 4.78 is 0. The van der Waals surface area contributed by atoms with Gasteiger partial charge in [0.2, 0.25) is 0 Å². The molecule has 0 radical (unpaired) electrons. The van der Waals surface area contributed by atoms with Crippen LogP contribution in [0.15, 0.2) is 11.0 Å². The van der Waals surface area contributed by atoms with Crippen LogP contribution in [0.2, 0.25) is 0 Å². The molecule has 0 bridgehead atoms. The van der Waals surface area contributed by atoms with Crippen LogP contribution in [0.1, 0.15) is 46.5 Å². The lowest BCUT2D eigenvalue weighted by molar-refractivity contribution is 0.201. The van der Waals surface area contributed by atoms with E-state index in [1.165, 1.54) is 30.6 Å². The van der Waals surface area contributed by atoms with Crippen LogP contribution < -0.4 is 5.73 Å². The van der Waals surface area contributed by atoms with E-state index in [4.69, 9.17) is 5.73 Å². The molecule has 1 fully saturated rings. The van der Waals surface area contributed by atoms with Gasteiger partial charge in [0.15, 0.2) is 0 Å². The maximum absolute atomic E-state index is 6.49. The van der Waals surface area contributed by atoms with E-state index < -0.39 is 0 Å². The van der Waals surface area contributed by atoms with Crippen molar-refractivity contribution >= 4 is 12.6 Å². The normalized spacial score (nSPS) is 40.2. The second-order valence-electron chi connectivity index (χ2n) is 6.60. The van der Waals surface area contributed by atoms with E-state index in [1.807, 2.05) is 0 Å². The fraction of sp³-hybridized carbons (Fsp3) is 0.857. The monoisotopic (exact) mass is 239 g/mol. The molecule has 92 valence electrons. The fourth-order valence-corrected chi connectivity index (χ4v) is 4.13. The summed E-state index contributed by atoms with van der Waals surface area (Å²) in [7, 11) is 0. The second kappa shape index (κ2) is 4.38. The molecule has 2 heteroatoms. The summed E-state index contributed by atoms with van der Waals surface area (Å²) >= 11 is 4.61. The van der Waals surface area contributed by atoms with Crippen molar-refractivity contribution in [1.29, 1.82) is 0 Å². The summed E-state index contributed by atoms with van der Waals surface area (Å²) in [6.45, 7) is 6.98. The molecule has 0 spiro atoms. The largest absolute Gasteiger partial charge is 0.327 e. The summed E-state index contributed by atoms with van der Waals surface area (Å²) in [5.41, 5.74) is 6.84. The van der Waals surface area contributed by atoms with Gasteiger partial charge in [-0.25, -0.2) is 0 Å². The van der Waals surface area contributed by atoms with Crippen LogP contribution in [0.25, 0.3) is 0 Å². The van der Waals surface area contributed by atoms with Gasteiger partial charge in [-0.3, -0.25) is 0 Å². The Morgan fingerprint density at radius 2 is 1.94 bits per heavy atom. The van der Waals surface area contributed by atoms with Gasteiger partial charge < -0.3 is 5.73 Å². The first-order valence-corrected chi connectivity index (χ1v) is 7.00. The Bertz CT molecular complexity index is 290. The minimum absolute atomic E-state index is 0.354. The quantitative estimate of drug-likeness (QED) is 0.672. The van der Waals surface area contributed by atoms with Crippen LogP contribution >= 0.6 is 12.6 Å². The van der Waals surface area contributed by atoms with Gasteiger partial charge in [-0.05, 0) is 53.8 Å². The van der Waals surface area contributed by atoms with Crippen molar-refractivity contribution in [3.05, 3.63) is 11.0 Å². The molecule has 0 aromatic carbocycles. The first-order valence-electron chi connectivity index (χ1n) is 6.56. The molecular weight excluding hydrogens is 214 g/mol. The van der Waals surface area contributed by atoms with Crippen LogP contribution in [-0.2, 0) is 0 Å². The van der Waals surface area contributed by atoms with Gasteiger partial charge in [0.1, 0.15) is 0 Å². The Morgan fingerprint density at radius 1 is 1.25 bits per heavy atom. The smallest absolute Gasteiger partial charge is 0.0107 e. The van der Waals surface area contributed by atoms with Crippen LogP contribution in [-0.4, -0.2) is 6.04 Å². The predicted octanol–water partition coefficient (Wildman–Crippen LogP) is 3.61. The Balaban J connectivity index is 2.07. The number of hydrogen-bond acceptors (Lipinski definition) is 2. The lowest BCUT2D eigenvalue weighted by atomic mass is 9.75. The predicted molar refractivity (Wildman–Crippen MR) is 73.4 cm³/mol. The van der Waals surface area contributed by atoms with E-state index in [2.05, 4.69) is 39.5 Å². The van der Waals surface area contributed by atoms with Crippen molar-refractivity contribution in [2.75, 3.05) is 0 Å². The molecule has 16 heavy (non-hydrogen) atoms. The Morgan fingerprint density at radius 3 is 2.38 bits per heavy atom. The highest BCUT2D eigenvalue weighted by atomic mass is 32.1.